The molecule has 3 aromatic rings. The van der Waals surface area contributed by atoms with E-state index in [-0.39, 0.29) is 0 Å². The van der Waals surface area contributed by atoms with Gasteiger partial charge >= 0.3 is 0 Å². The van der Waals surface area contributed by atoms with Gasteiger partial charge in [-0.05, 0) is 42.8 Å². The van der Waals surface area contributed by atoms with E-state index >= 15 is 0 Å². The first-order valence-corrected chi connectivity index (χ1v) is 7.75. The second-order valence-corrected chi connectivity index (χ2v) is 5.96. The number of nitrogens with zero attached hydrogens (tertiary/aromatic N) is 2. The van der Waals surface area contributed by atoms with Crippen LogP contribution in [0.3, 0.4) is 0 Å². The molecule has 114 valence electrons. The van der Waals surface area contributed by atoms with Crippen LogP contribution in [0.1, 0.15) is 5.56 Å². The number of aryl methyl sites for hydroxylation is 2. The molecule has 3 nitrogen and oxygen atoms in total. The predicted octanol–water partition coefficient (Wildman–Crippen LogP) is 4.36. The predicted molar refractivity (Wildman–Crippen MR) is 92.4 cm³/mol. The van der Waals surface area contributed by atoms with E-state index in [0.29, 0.717) is 0 Å². The lowest BCUT2D eigenvalue weighted by atomic mass is 10.0. The normalized spacial score (nSPS) is 12.4. The largest absolute Gasteiger partial charge is 0.453 e. The second-order valence-electron chi connectivity index (χ2n) is 5.96. The molecule has 4 rings (SSSR count). The Balaban J connectivity index is 1.89. The zero-order valence-electron chi connectivity index (χ0n) is 13.6. The van der Waals surface area contributed by atoms with E-state index in [9.17, 15) is 0 Å². The molecule has 0 fully saturated rings. The van der Waals surface area contributed by atoms with Crippen LogP contribution in [0.4, 0.5) is 11.4 Å². The van der Waals surface area contributed by atoms with Crippen LogP contribution in [0, 0.1) is 6.92 Å². The molecule has 0 spiro atoms. The number of benzene rings is 2. The molecule has 0 radical (unpaired) electrons. The van der Waals surface area contributed by atoms with Crippen LogP contribution in [0.5, 0.6) is 11.5 Å². The SMILES string of the molecule is Cc1cc2c(cc1-c1cccc[n+]1C)Oc1ccccc1N2C. The molecule has 0 amide bonds. The van der Waals surface area contributed by atoms with Crippen LogP contribution < -0.4 is 14.2 Å². The smallest absolute Gasteiger partial charge is 0.212 e. The highest BCUT2D eigenvalue weighted by Gasteiger charge is 2.24. The van der Waals surface area contributed by atoms with Crippen molar-refractivity contribution in [3.8, 4) is 22.8 Å². The molecular formula is C20H19N2O+. The number of fused-ring (bicyclic) bond motifs is 2. The Bertz CT molecular complexity index is 902. The van der Waals surface area contributed by atoms with Crippen molar-refractivity contribution in [3.63, 3.8) is 0 Å². The first kappa shape index (κ1) is 13.8. The van der Waals surface area contributed by atoms with Gasteiger partial charge in [0, 0.05) is 19.2 Å². The molecular weight excluding hydrogens is 284 g/mol. The van der Waals surface area contributed by atoms with Crippen molar-refractivity contribution in [2.75, 3.05) is 11.9 Å². The maximum atomic E-state index is 6.15. The minimum Gasteiger partial charge on any atom is -0.453 e. The minimum absolute atomic E-state index is 0.898. The van der Waals surface area contributed by atoms with Crippen LogP contribution in [0.25, 0.3) is 11.3 Å². The Morgan fingerprint density at radius 3 is 2.52 bits per heavy atom. The Morgan fingerprint density at radius 1 is 0.913 bits per heavy atom. The average molecular weight is 303 g/mol. The summed E-state index contributed by atoms with van der Waals surface area (Å²) < 4.78 is 8.29. The van der Waals surface area contributed by atoms with Gasteiger partial charge in [-0.2, -0.15) is 0 Å². The van der Waals surface area contributed by atoms with Gasteiger partial charge in [-0.3, -0.25) is 0 Å². The first-order chi connectivity index (χ1) is 11.1. The van der Waals surface area contributed by atoms with Crippen molar-refractivity contribution in [2.45, 2.75) is 6.92 Å². The summed E-state index contributed by atoms with van der Waals surface area (Å²) in [5.74, 6) is 1.80. The van der Waals surface area contributed by atoms with Crippen molar-refractivity contribution in [2.24, 2.45) is 7.05 Å². The molecule has 0 N–H and O–H groups in total. The summed E-state index contributed by atoms with van der Waals surface area (Å²) in [6.07, 6.45) is 2.07. The fourth-order valence-corrected chi connectivity index (χ4v) is 3.16. The van der Waals surface area contributed by atoms with E-state index in [4.69, 9.17) is 4.74 Å². The van der Waals surface area contributed by atoms with Crippen molar-refractivity contribution >= 4 is 11.4 Å². The molecule has 0 aliphatic carbocycles. The number of rotatable bonds is 1. The Labute approximate surface area is 136 Å². The average Bonchev–Trinajstić information content (AvgIpc) is 2.56. The molecule has 1 aromatic heterocycles. The number of hydrogen-bond donors (Lipinski definition) is 0. The highest BCUT2D eigenvalue weighted by atomic mass is 16.5. The Hall–Kier alpha value is -2.81. The lowest BCUT2D eigenvalue weighted by molar-refractivity contribution is -0.660. The third-order valence-corrected chi connectivity index (χ3v) is 4.44. The van der Waals surface area contributed by atoms with Gasteiger partial charge in [0.25, 0.3) is 0 Å². The molecule has 2 heterocycles. The van der Waals surface area contributed by atoms with Crippen LogP contribution in [0.2, 0.25) is 0 Å². The summed E-state index contributed by atoms with van der Waals surface area (Å²) in [7, 11) is 4.15. The third-order valence-electron chi connectivity index (χ3n) is 4.44. The van der Waals surface area contributed by atoms with E-state index in [1.165, 1.54) is 16.8 Å². The van der Waals surface area contributed by atoms with Gasteiger partial charge in [-0.25, -0.2) is 4.57 Å². The van der Waals surface area contributed by atoms with Gasteiger partial charge in [-0.15, -0.1) is 0 Å². The number of anilines is 2. The lowest BCUT2D eigenvalue weighted by Gasteiger charge is -2.30. The number of pyridine rings is 1. The number of hydrogen-bond acceptors (Lipinski definition) is 2. The highest BCUT2D eigenvalue weighted by Crippen LogP contribution is 2.47. The second kappa shape index (κ2) is 5.13. The third kappa shape index (κ3) is 2.16. The fraction of sp³-hybridized carbons (Fsp3) is 0.150. The van der Waals surface area contributed by atoms with Crippen molar-refractivity contribution in [1.29, 1.82) is 0 Å². The van der Waals surface area contributed by atoms with Crippen molar-refractivity contribution < 1.29 is 9.30 Å². The van der Waals surface area contributed by atoms with E-state index in [1.54, 1.807) is 0 Å². The topological polar surface area (TPSA) is 16.4 Å². The number of para-hydroxylation sites is 2. The molecule has 1 aliphatic rings. The highest BCUT2D eigenvalue weighted by molar-refractivity contribution is 5.81. The van der Waals surface area contributed by atoms with Crippen LogP contribution in [-0.4, -0.2) is 7.05 Å². The summed E-state index contributed by atoms with van der Waals surface area (Å²) in [6.45, 7) is 2.15. The molecule has 3 heteroatoms. The molecule has 2 aromatic carbocycles. The maximum absolute atomic E-state index is 6.15. The Kier molecular flexibility index (Phi) is 3.08. The molecule has 1 aliphatic heterocycles. The molecule has 0 saturated carbocycles. The quantitative estimate of drug-likeness (QED) is 0.621. The molecule has 23 heavy (non-hydrogen) atoms. The van der Waals surface area contributed by atoms with Crippen LogP contribution >= 0.6 is 0 Å². The van der Waals surface area contributed by atoms with E-state index in [1.807, 2.05) is 24.3 Å². The number of ether oxygens (including phenoxy) is 1. The van der Waals surface area contributed by atoms with Gasteiger partial charge in [0.05, 0.1) is 16.9 Å². The van der Waals surface area contributed by atoms with Crippen molar-refractivity contribution in [3.05, 3.63) is 66.4 Å². The first-order valence-electron chi connectivity index (χ1n) is 7.75. The summed E-state index contributed by atoms with van der Waals surface area (Å²) in [5, 5.41) is 0. The van der Waals surface area contributed by atoms with Crippen LogP contribution in [0.15, 0.2) is 60.8 Å². The molecule has 0 saturated heterocycles. The van der Waals surface area contributed by atoms with Gasteiger partial charge in [0.2, 0.25) is 5.69 Å². The summed E-state index contributed by atoms with van der Waals surface area (Å²) in [4.78, 5) is 2.19. The van der Waals surface area contributed by atoms with Gasteiger partial charge in [0.1, 0.15) is 7.05 Å². The van der Waals surface area contributed by atoms with E-state index in [0.717, 1.165) is 22.9 Å². The van der Waals surface area contributed by atoms with Crippen molar-refractivity contribution in [1.82, 2.24) is 0 Å². The van der Waals surface area contributed by atoms with Crippen LogP contribution in [-0.2, 0) is 7.05 Å². The summed E-state index contributed by atoms with van der Waals surface area (Å²) in [6, 6.07) is 18.7. The minimum atomic E-state index is 0.898. The maximum Gasteiger partial charge on any atom is 0.212 e. The zero-order chi connectivity index (χ0) is 16.0. The number of aromatic nitrogens is 1. The monoisotopic (exact) mass is 303 g/mol. The fourth-order valence-electron chi connectivity index (χ4n) is 3.16. The summed E-state index contributed by atoms with van der Waals surface area (Å²) in [5.41, 5.74) is 5.80. The van der Waals surface area contributed by atoms with E-state index < -0.39 is 0 Å². The Morgan fingerprint density at radius 2 is 1.70 bits per heavy atom. The standard InChI is InChI=1S/C20H19N2O/c1-14-12-18-20(13-15(14)16-8-6-7-11-21(16)2)23-19-10-5-4-9-17(19)22(18)3/h4-13H,1-3H3/q+1. The van der Waals surface area contributed by atoms with Gasteiger partial charge in [0.15, 0.2) is 17.7 Å². The molecule has 0 bridgehead atoms. The van der Waals surface area contributed by atoms with E-state index in [2.05, 4.69) is 67.0 Å². The lowest BCUT2D eigenvalue weighted by Crippen LogP contribution is -2.30. The summed E-state index contributed by atoms with van der Waals surface area (Å²) >= 11 is 0. The zero-order valence-corrected chi connectivity index (χ0v) is 13.6. The molecule has 0 atom stereocenters. The van der Waals surface area contributed by atoms with Gasteiger partial charge < -0.3 is 9.64 Å². The molecule has 0 unspecified atom stereocenters. The van der Waals surface area contributed by atoms with Gasteiger partial charge in [-0.1, -0.05) is 12.1 Å².